The summed E-state index contributed by atoms with van der Waals surface area (Å²) in [5, 5.41) is 11.2. The third kappa shape index (κ3) is 2.21. The zero-order valence-electron chi connectivity index (χ0n) is 11.9. The van der Waals surface area contributed by atoms with Gasteiger partial charge in [-0.05, 0) is 30.3 Å². The predicted molar refractivity (Wildman–Crippen MR) is 84.2 cm³/mol. The number of fused-ring (bicyclic) bond motifs is 2. The molecule has 0 fully saturated rings. The number of rotatable bonds is 2. The van der Waals surface area contributed by atoms with Crippen molar-refractivity contribution in [3.8, 4) is 11.4 Å². The summed E-state index contributed by atoms with van der Waals surface area (Å²) < 4.78 is 18.5. The van der Waals surface area contributed by atoms with Gasteiger partial charge in [-0.25, -0.2) is 14.2 Å². The van der Waals surface area contributed by atoms with Crippen molar-refractivity contribution in [2.75, 3.05) is 0 Å². The van der Waals surface area contributed by atoms with Crippen molar-refractivity contribution in [1.29, 1.82) is 0 Å². The Morgan fingerprint density at radius 2 is 2.00 bits per heavy atom. The molecule has 0 radical (unpaired) electrons. The average molecular weight is 325 g/mol. The van der Waals surface area contributed by atoms with Gasteiger partial charge in [0, 0.05) is 17.5 Å². The number of hydrogen-bond donors (Lipinski definition) is 1. The Balaban J connectivity index is 1.93. The van der Waals surface area contributed by atoms with Crippen molar-refractivity contribution >= 4 is 27.7 Å². The van der Waals surface area contributed by atoms with Crippen molar-refractivity contribution in [2.45, 2.75) is 0 Å². The number of aromatic amines is 1. The molecular weight excluding hydrogens is 317 g/mol. The minimum Gasteiger partial charge on any atom is -0.422 e. The van der Waals surface area contributed by atoms with Crippen LogP contribution in [0.4, 0.5) is 10.1 Å². The number of nitro benzene ring substituents is 1. The summed E-state index contributed by atoms with van der Waals surface area (Å²) in [7, 11) is 0. The second-order valence-corrected chi connectivity index (χ2v) is 5.17. The minimum absolute atomic E-state index is 0.0923. The lowest BCUT2D eigenvalue weighted by Crippen LogP contribution is -2.03. The second-order valence-electron chi connectivity index (χ2n) is 5.17. The van der Waals surface area contributed by atoms with Crippen molar-refractivity contribution in [1.82, 2.24) is 9.97 Å². The molecule has 8 heteroatoms. The number of non-ortho nitro benzene ring substituents is 1. The molecule has 0 amide bonds. The second kappa shape index (κ2) is 4.98. The molecule has 0 unspecified atom stereocenters. The molecule has 0 aliphatic rings. The van der Waals surface area contributed by atoms with Crippen molar-refractivity contribution in [3.05, 3.63) is 68.8 Å². The first-order valence-corrected chi connectivity index (χ1v) is 6.89. The average Bonchev–Trinajstić information content (AvgIpc) is 2.97. The first-order valence-electron chi connectivity index (χ1n) is 6.89. The van der Waals surface area contributed by atoms with E-state index in [9.17, 15) is 19.3 Å². The van der Waals surface area contributed by atoms with Crippen LogP contribution in [0, 0.1) is 15.9 Å². The van der Waals surface area contributed by atoms with Crippen LogP contribution < -0.4 is 5.63 Å². The summed E-state index contributed by atoms with van der Waals surface area (Å²) in [6.07, 6.45) is 0. The van der Waals surface area contributed by atoms with Crippen LogP contribution >= 0.6 is 0 Å². The summed E-state index contributed by atoms with van der Waals surface area (Å²) >= 11 is 0. The summed E-state index contributed by atoms with van der Waals surface area (Å²) in [4.78, 5) is 29.5. The molecule has 0 spiro atoms. The maximum Gasteiger partial charge on any atom is 0.347 e. The molecule has 2 aromatic carbocycles. The van der Waals surface area contributed by atoms with E-state index < -0.39 is 16.4 Å². The Morgan fingerprint density at radius 1 is 1.17 bits per heavy atom. The fourth-order valence-corrected chi connectivity index (χ4v) is 2.50. The van der Waals surface area contributed by atoms with Crippen LogP contribution in [0.1, 0.15) is 0 Å². The number of imidazole rings is 1. The molecule has 2 aromatic heterocycles. The first kappa shape index (κ1) is 14.1. The lowest BCUT2D eigenvalue weighted by atomic mass is 10.2. The number of halogens is 1. The highest BCUT2D eigenvalue weighted by Crippen LogP contribution is 2.24. The zero-order chi connectivity index (χ0) is 16.8. The quantitative estimate of drug-likeness (QED) is 0.346. The van der Waals surface area contributed by atoms with Crippen LogP contribution in [-0.2, 0) is 0 Å². The van der Waals surface area contributed by atoms with E-state index in [4.69, 9.17) is 4.42 Å². The Labute approximate surface area is 132 Å². The van der Waals surface area contributed by atoms with E-state index in [0.717, 1.165) is 0 Å². The molecule has 118 valence electrons. The Bertz CT molecular complexity index is 1180. The van der Waals surface area contributed by atoms with Gasteiger partial charge in [0.15, 0.2) is 0 Å². The smallest absolute Gasteiger partial charge is 0.347 e. The largest absolute Gasteiger partial charge is 0.422 e. The van der Waals surface area contributed by atoms with Gasteiger partial charge in [0.25, 0.3) is 5.69 Å². The first-order chi connectivity index (χ1) is 11.5. The molecular formula is C16H8FN3O4. The molecule has 0 saturated carbocycles. The summed E-state index contributed by atoms with van der Waals surface area (Å²) in [6.45, 7) is 0. The molecule has 24 heavy (non-hydrogen) atoms. The standard InChI is InChI=1S/C16H8FN3O4/c17-9-1-4-14-8(5-9)6-11(16(21)24-14)15-18-12-3-2-10(20(22)23)7-13(12)19-15/h1-7H,(H,18,19). The van der Waals surface area contributed by atoms with Gasteiger partial charge < -0.3 is 9.40 Å². The maximum atomic E-state index is 13.4. The van der Waals surface area contributed by atoms with E-state index in [0.29, 0.717) is 16.4 Å². The number of nitrogens with zero attached hydrogens (tertiary/aromatic N) is 2. The molecule has 0 aliphatic carbocycles. The number of nitrogens with one attached hydrogen (secondary N) is 1. The van der Waals surface area contributed by atoms with E-state index in [1.165, 1.54) is 42.5 Å². The molecule has 2 heterocycles. The topological polar surface area (TPSA) is 102 Å². The normalized spacial score (nSPS) is 11.2. The minimum atomic E-state index is -0.636. The molecule has 0 atom stereocenters. The van der Waals surface area contributed by atoms with Crippen molar-refractivity contribution in [2.24, 2.45) is 0 Å². The van der Waals surface area contributed by atoms with Gasteiger partial charge in [-0.3, -0.25) is 10.1 Å². The van der Waals surface area contributed by atoms with E-state index in [-0.39, 0.29) is 22.7 Å². The Kier molecular flexibility index (Phi) is 2.92. The molecule has 0 bridgehead atoms. The van der Waals surface area contributed by atoms with Gasteiger partial charge in [-0.1, -0.05) is 0 Å². The lowest BCUT2D eigenvalue weighted by molar-refractivity contribution is -0.384. The van der Waals surface area contributed by atoms with Gasteiger partial charge in [0.05, 0.1) is 16.0 Å². The van der Waals surface area contributed by atoms with Crippen LogP contribution in [0.25, 0.3) is 33.4 Å². The summed E-state index contributed by atoms with van der Waals surface area (Å²) in [6, 6.07) is 9.42. The van der Waals surface area contributed by atoms with Gasteiger partial charge in [0.2, 0.25) is 0 Å². The number of nitro groups is 1. The number of hydrogen-bond acceptors (Lipinski definition) is 5. The molecule has 7 nitrogen and oxygen atoms in total. The zero-order valence-corrected chi connectivity index (χ0v) is 11.9. The molecule has 0 aliphatic heterocycles. The van der Waals surface area contributed by atoms with Crippen LogP contribution in [0.15, 0.2) is 51.7 Å². The maximum absolute atomic E-state index is 13.4. The van der Waals surface area contributed by atoms with E-state index in [2.05, 4.69) is 9.97 Å². The number of benzene rings is 2. The lowest BCUT2D eigenvalue weighted by Gasteiger charge is -1.99. The van der Waals surface area contributed by atoms with Gasteiger partial charge >= 0.3 is 5.63 Å². The van der Waals surface area contributed by atoms with E-state index in [1.54, 1.807) is 0 Å². The summed E-state index contributed by atoms with van der Waals surface area (Å²) in [5.41, 5.74) is 0.532. The SMILES string of the molecule is O=c1oc2ccc(F)cc2cc1-c1nc2ccc([N+](=O)[O-])cc2[nH]1. The highest BCUT2D eigenvalue weighted by atomic mass is 19.1. The predicted octanol–water partition coefficient (Wildman–Crippen LogP) is 3.38. The highest BCUT2D eigenvalue weighted by molar-refractivity contribution is 5.84. The Morgan fingerprint density at radius 3 is 2.79 bits per heavy atom. The Hall–Kier alpha value is -3.55. The van der Waals surface area contributed by atoms with E-state index in [1.807, 2.05) is 0 Å². The monoisotopic (exact) mass is 325 g/mol. The third-order valence-corrected chi connectivity index (χ3v) is 3.63. The fraction of sp³-hybridized carbons (Fsp3) is 0. The van der Waals surface area contributed by atoms with Crippen LogP contribution in [0.3, 0.4) is 0 Å². The van der Waals surface area contributed by atoms with Crippen LogP contribution in [0.2, 0.25) is 0 Å². The molecule has 4 aromatic rings. The van der Waals surface area contributed by atoms with Gasteiger partial charge in [-0.2, -0.15) is 0 Å². The highest BCUT2D eigenvalue weighted by Gasteiger charge is 2.14. The van der Waals surface area contributed by atoms with Gasteiger partial charge in [-0.15, -0.1) is 0 Å². The molecule has 4 rings (SSSR count). The van der Waals surface area contributed by atoms with Gasteiger partial charge in [0.1, 0.15) is 22.8 Å². The number of H-pyrrole nitrogens is 1. The van der Waals surface area contributed by atoms with Crippen LogP contribution in [0.5, 0.6) is 0 Å². The number of aromatic nitrogens is 2. The molecule has 0 saturated heterocycles. The van der Waals surface area contributed by atoms with Crippen LogP contribution in [-0.4, -0.2) is 14.9 Å². The molecule has 1 N–H and O–H groups in total. The third-order valence-electron chi connectivity index (χ3n) is 3.63. The van der Waals surface area contributed by atoms with Crippen molar-refractivity contribution < 1.29 is 13.7 Å². The fourth-order valence-electron chi connectivity index (χ4n) is 2.50. The van der Waals surface area contributed by atoms with Crippen molar-refractivity contribution in [3.63, 3.8) is 0 Å². The summed E-state index contributed by atoms with van der Waals surface area (Å²) in [5.74, 6) is -0.257. The van der Waals surface area contributed by atoms with E-state index >= 15 is 0 Å².